The van der Waals surface area contributed by atoms with E-state index in [1.54, 1.807) is 24.3 Å². The molecule has 2 rings (SSSR count). The van der Waals surface area contributed by atoms with Crippen LogP contribution in [0.25, 0.3) is 11.1 Å². The molecule has 2 aromatic rings. The Morgan fingerprint density at radius 2 is 1.71 bits per heavy atom. The van der Waals surface area contributed by atoms with Gasteiger partial charge in [-0.15, -0.1) is 0 Å². The fourth-order valence-electron chi connectivity index (χ4n) is 1.55. The maximum Gasteiger partial charge on any atom is 0.152 e. The lowest BCUT2D eigenvalue weighted by Crippen LogP contribution is -1.89. The first-order valence-corrected chi connectivity index (χ1v) is 5.58. The molecule has 0 saturated carbocycles. The molecule has 0 bridgehead atoms. The van der Waals surface area contributed by atoms with E-state index in [4.69, 9.17) is 23.2 Å². The molecule has 0 radical (unpaired) electrons. The van der Waals surface area contributed by atoms with Crippen molar-refractivity contribution in [2.75, 3.05) is 0 Å². The molecular weight excluding hydrogens is 262 g/mol. The Hall–Kier alpha value is -1.38. The molecule has 0 N–H and O–H groups in total. The van der Waals surface area contributed by atoms with Crippen molar-refractivity contribution in [3.63, 3.8) is 0 Å². The highest BCUT2D eigenvalue weighted by atomic mass is 35.5. The Morgan fingerprint density at radius 1 is 1.06 bits per heavy atom. The van der Waals surface area contributed by atoms with Crippen molar-refractivity contribution in [3.05, 3.63) is 57.8 Å². The number of carbonyl (C=O) groups excluding carboxylic acids is 1. The van der Waals surface area contributed by atoms with Crippen LogP contribution in [-0.2, 0) is 0 Å². The van der Waals surface area contributed by atoms with Gasteiger partial charge in [0, 0.05) is 15.6 Å². The first kappa shape index (κ1) is 12.1. The van der Waals surface area contributed by atoms with Crippen LogP contribution >= 0.6 is 23.2 Å². The number of hydrogen-bond donors (Lipinski definition) is 0. The van der Waals surface area contributed by atoms with Crippen molar-refractivity contribution in [2.24, 2.45) is 0 Å². The van der Waals surface area contributed by atoms with Crippen LogP contribution in [0.4, 0.5) is 4.39 Å². The maximum absolute atomic E-state index is 13.5. The average Bonchev–Trinajstić information content (AvgIpc) is 2.29. The van der Waals surface area contributed by atoms with Gasteiger partial charge in [-0.3, -0.25) is 4.79 Å². The molecule has 0 aliphatic heterocycles. The van der Waals surface area contributed by atoms with Crippen LogP contribution in [0.3, 0.4) is 0 Å². The number of carbonyl (C=O) groups is 1. The van der Waals surface area contributed by atoms with Crippen molar-refractivity contribution in [2.45, 2.75) is 0 Å². The third-order valence-electron chi connectivity index (χ3n) is 2.38. The van der Waals surface area contributed by atoms with E-state index in [0.29, 0.717) is 27.5 Å². The highest BCUT2D eigenvalue weighted by Crippen LogP contribution is 2.34. The van der Waals surface area contributed by atoms with E-state index in [1.807, 2.05) is 0 Å². The standard InChI is InChI=1S/C13H7Cl2FO/c14-10-2-1-3-11(15)13(10)8-4-5-9(7-17)12(16)6-8/h1-7H. The summed E-state index contributed by atoms with van der Waals surface area (Å²) in [5, 5.41) is 0.881. The van der Waals surface area contributed by atoms with Crippen molar-refractivity contribution < 1.29 is 9.18 Å². The summed E-state index contributed by atoms with van der Waals surface area (Å²) in [7, 11) is 0. The van der Waals surface area contributed by atoms with Crippen molar-refractivity contribution in [3.8, 4) is 11.1 Å². The molecule has 0 atom stereocenters. The second-order valence-corrected chi connectivity index (χ2v) is 4.27. The summed E-state index contributed by atoms with van der Waals surface area (Å²) < 4.78 is 13.5. The third-order valence-corrected chi connectivity index (χ3v) is 3.01. The van der Waals surface area contributed by atoms with Gasteiger partial charge in [0.25, 0.3) is 0 Å². The van der Waals surface area contributed by atoms with E-state index in [1.165, 1.54) is 12.1 Å². The van der Waals surface area contributed by atoms with Crippen LogP contribution < -0.4 is 0 Å². The van der Waals surface area contributed by atoms with Gasteiger partial charge < -0.3 is 0 Å². The van der Waals surface area contributed by atoms with E-state index in [0.717, 1.165) is 0 Å². The van der Waals surface area contributed by atoms with E-state index < -0.39 is 5.82 Å². The largest absolute Gasteiger partial charge is 0.298 e. The van der Waals surface area contributed by atoms with Gasteiger partial charge in [0.05, 0.1) is 5.56 Å². The highest BCUT2D eigenvalue weighted by molar-refractivity contribution is 6.39. The summed E-state index contributed by atoms with van der Waals surface area (Å²) >= 11 is 12.0. The molecule has 2 aromatic carbocycles. The first-order valence-electron chi connectivity index (χ1n) is 4.82. The lowest BCUT2D eigenvalue weighted by Gasteiger charge is -2.07. The molecular formula is C13H7Cl2FO. The number of halogens is 3. The lowest BCUT2D eigenvalue weighted by molar-refractivity contribution is 0.112. The quantitative estimate of drug-likeness (QED) is 0.727. The predicted molar refractivity (Wildman–Crippen MR) is 67.2 cm³/mol. The number of aldehydes is 1. The zero-order valence-electron chi connectivity index (χ0n) is 8.58. The first-order chi connectivity index (χ1) is 8.13. The predicted octanol–water partition coefficient (Wildman–Crippen LogP) is 4.61. The Balaban J connectivity index is 2.61. The van der Waals surface area contributed by atoms with Gasteiger partial charge in [-0.1, -0.05) is 35.3 Å². The normalized spacial score (nSPS) is 10.3. The fourth-order valence-corrected chi connectivity index (χ4v) is 2.17. The van der Waals surface area contributed by atoms with Crippen molar-refractivity contribution in [1.82, 2.24) is 0 Å². The number of hydrogen-bond acceptors (Lipinski definition) is 1. The number of benzene rings is 2. The average molecular weight is 269 g/mol. The van der Waals surface area contributed by atoms with Crippen molar-refractivity contribution >= 4 is 29.5 Å². The van der Waals surface area contributed by atoms with Gasteiger partial charge in [-0.2, -0.15) is 0 Å². The zero-order valence-corrected chi connectivity index (χ0v) is 10.1. The molecule has 1 nitrogen and oxygen atoms in total. The Morgan fingerprint density at radius 3 is 2.24 bits per heavy atom. The minimum atomic E-state index is -0.589. The molecule has 0 spiro atoms. The van der Waals surface area contributed by atoms with Crippen LogP contribution in [-0.4, -0.2) is 6.29 Å². The van der Waals surface area contributed by atoms with Gasteiger partial charge in [-0.25, -0.2) is 4.39 Å². The summed E-state index contributed by atoms with van der Waals surface area (Å²) in [4.78, 5) is 10.5. The molecule has 0 heterocycles. The zero-order chi connectivity index (χ0) is 12.4. The smallest absolute Gasteiger partial charge is 0.152 e. The second kappa shape index (κ2) is 4.86. The van der Waals surface area contributed by atoms with Crippen LogP contribution in [0.5, 0.6) is 0 Å². The molecule has 0 amide bonds. The van der Waals surface area contributed by atoms with E-state index in [2.05, 4.69) is 0 Å². The molecule has 0 aromatic heterocycles. The summed E-state index contributed by atoms with van der Waals surface area (Å²) in [6.45, 7) is 0. The van der Waals surface area contributed by atoms with Crippen LogP contribution in [0.1, 0.15) is 10.4 Å². The van der Waals surface area contributed by atoms with Gasteiger partial charge in [-0.05, 0) is 29.8 Å². The molecule has 0 saturated heterocycles. The van der Waals surface area contributed by atoms with Crippen molar-refractivity contribution in [1.29, 1.82) is 0 Å². The minimum absolute atomic E-state index is 0.0110. The monoisotopic (exact) mass is 268 g/mol. The summed E-state index contributed by atoms with van der Waals surface area (Å²) in [5.74, 6) is -0.589. The van der Waals surface area contributed by atoms with Gasteiger partial charge in [0.15, 0.2) is 6.29 Å². The minimum Gasteiger partial charge on any atom is -0.298 e. The van der Waals surface area contributed by atoms with Gasteiger partial charge in [0.1, 0.15) is 5.82 Å². The Labute approximate surface area is 108 Å². The highest BCUT2D eigenvalue weighted by Gasteiger charge is 2.10. The maximum atomic E-state index is 13.5. The van der Waals surface area contributed by atoms with Gasteiger partial charge >= 0.3 is 0 Å². The Bertz CT molecular complexity index is 561. The fraction of sp³-hybridized carbons (Fsp3) is 0. The molecule has 4 heteroatoms. The molecule has 86 valence electrons. The molecule has 0 fully saturated rings. The second-order valence-electron chi connectivity index (χ2n) is 3.45. The number of rotatable bonds is 2. The van der Waals surface area contributed by atoms with Crippen LogP contribution in [0.2, 0.25) is 10.0 Å². The van der Waals surface area contributed by atoms with E-state index in [9.17, 15) is 9.18 Å². The molecule has 17 heavy (non-hydrogen) atoms. The van der Waals surface area contributed by atoms with Crippen LogP contribution in [0, 0.1) is 5.82 Å². The summed E-state index contributed by atoms with van der Waals surface area (Å²) in [6, 6.07) is 9.32. The topological polar surface area (TPSA) is 17.1 Å². The van der Waals surface area contributed by atoms with Gasteiger partial charge in [0.2, 0.25) is 0 Å². The summed E-state index contributed by atoms with van der Waals surface area (Å²) in [6.07, 6.45) is 0.466. The lowest BCUT2D eigenvalue weighted by atomic mass is 10.0. The van der Waals surface area contributed by atoms with E-state index >= 15 is 0 Å². The molecule has 0 aliphatic rings. The molecule has 0 aliphatic carbocycles. The molecule has 0 unspecified atom stereocenters. The Kier molecular flexibility index (Phi) is 3.46. The van der Waals surface area contributed by atoms with Crippen LogP contribution in [0.15, 0.2) is 36.4 Å². The van der Waals surface area contributed by atoms with E-state index in [-0.39, 0.29) is 5.56 Å². The SMILES string of the molecule is O=Cc1ccc(-c2c(Cl)cccc2Cl)cc1F. The third kappa shape index (κ3) is 2.33. The summed E-state index contributed by atoms with van der Waals surface area (Å²) in [5.41, 5.74) is 1.12.